The van der Waals surface area contributed by atoms with E-state index in [0.717, 1.165) is 5.56 Å². The number of carbonyl (C=O) groups excluding carboxylic acids is 1. The molecule has 1 amide bonds. The first-order valence-corrected chi connectivity index (χ1v) is 5.01. The van der Waals surface area contributed by atoms with Gasteiger partial charge >= 0.3 is 0 Å². The molecule has 0 aliphatic rings. The summed E-state index contributed by atoms with van der Waals surface area (Å²) in [6, 6.07) is 7.12. The van der Waals surface area contributed by atoms with E-state index < -0.39 is 0 Å². The van der Waals surface area contributed by atoms with Gasteiger partial charge in [-0.1, -0.05) is 36.3 Å². The van der Waals surface area contributed by atoms with Gasteiger partial charge in [0.2, 0.25) is 5.91 Å². The zero-order valence-corrected chi connectivity index (χ0v) is 9.10. The highest BCUT2D eigenvalue weighted by Crippen LogP contribution is 2.04. The number of oxime groups is 1. The van der Waals surface area contributed by atoms with Crippen molar-refractivity contribution in [3.05, 3.63) is 35.4 Å². The minimum Gasteiger partial charge on any atom is -0.409 e. The van der Waals surface area contributed by atoms with Crippen molar-refractivity contribution in [2.45, 2.75) is 19.9 Å². The van der Waals surface area contributed by atoms with Gasteiger partial charge in [-0.05, 0) is 5.56 Å². The van der Waals surface area contributed by atoms with E-state index in [1.165, 1.54) is 0 Å². The molecule has 0 bridgehead atoms. The summed E-state index contributed by atoms with van der Waals surface area (Å²) < 4.78 is 0. The van der Waals surface area contributed by atoms with Crippen LogP contribution in [0.4, 0.5) is 0 Å². The van der Waals surface area contributed by atoms with Gasteiger partial charge in [0.15, 0.2) is 5.84 Å². The molecule has 5 nitrogen and oxygen atoms in total. The number of nitrogens with zero attached hydrogens (tertiary/aromatic N) is 1. The smallest absolute Gasteiger partial charge is 0.219 e. The van der Waals surface area contributed by atoms with Crippen LogP contribution in [-0.4, -0.2) is 17.0 Å². The Morgan fingerprint density at radius 1 is 1.44 bits per heavy atom. The second-order valence-corrected chi connectivity index (χ2v) is 3.31. The molecule has 1 aromatic carbocycles. The van der Waals surface area contributed by atoms with Crippen molar-refractivity contribution in [2.75, 3.05) is 0 Å². The number of amidine groups is 1. The molecular formula is C11H15N3O2. The van der Waals surface area contributed by atoms with Crippen molar-refractivity contribution in [3.8, 4) is 0 Å². The maximum atomic E-state index is 11.0. The van der Waals surface area contributed by atoms with Crippen LogP contribution in [0.25, 0.3) is 0 Å². The first-order chi connectivity index (χ1) is 7.67. The maximum Gasteiger partial charge on any atom is 0.219 e. The molecule has 0 aliphatic heterocycles. The third-order valence-corrected chi connectivity index (χ3v) is 2.17. The van der Waals surface area contributed by atoms with Crippen LogP contribution in [0.3, 0.4) is 0 Å². The highest BCUT2D eigenvalue weighted by Gasteiger charge is 2.00. The summed E-state index contributed by atoms with van der Waals surface area (Å²) >= 11 is 0. The van der Waals surface area contributed by atoms with Crippen molar-refractivity contribution in [1.82, 2.24) is 5.32 Å². The van der Waals surface area contributed by atoms with Crippen LogP contribution in [0, 0.1) is 0 Å². The Labute approximate surface area is 94.0 Å². The van der Waals surface area contributed by atoms with E-state index in [9.17, 15) is 4.79 Å². The number of carbonyl (C=O) groups is 1. The number of rotatable bonds is 4. The van der Waals surface area contributed by atoms with E-state index in [2.05, 4.69) is 10.5 Å². The van der Waals surface area contributed by atoms with Crippen LogP contribution >= 0.6 is 0 Å². The van der Waals surface area contributed by atoms with E-state index in [-0.39, 0.29) is 11.7 Å². The van der Waals surface area contributed by atoms with Crippen molar-refractivity contribution < 1.29 is 10.0 Å². The van der Waals surface area contributed by atoms with Crippen LogP contribution in [0.1, 0.15) is 24.5 Å². The second-order valence-electron chi connectivity index (χ2n) is 3.31. The van der Waals surface area contributed by atoms with Crippen molar-refractivity contribution >= 4 is 11.7 Å². The standard InChI is InChI=1S/C11H15N3O2/c1-2-10(15)13-7-8-3-5-9(6-4-8)11(12)14-16/h3-6,16H,2,7H2,1H3,(H2,12,14)(H,13,15). The molecule has 0 atom stereocenters. The quantitative estimate of drug-likeness (QED) is 0.304. The molecule has 0 unspecified atom stereocenters. The fraction of sp³-hybridized carbons (Fsp3) is 0.273. The molecule has 86 valence electrons. The van der Waals surface area contributed by atoms with Gasteiger partial charge in [-0.15, -0.1) is 0 Å². The van der Waals surface area contributed by atoms with Crippen LogP contribution in [-0.2, 0) is 11.3 Å². The SMILES string of the molecule is CCC(=O)NCc1ccc(C(N)=NO)cc1. The molecular weight excluding hydrogens is 206 g/mol. The number of benzene rings is 1. The van der Waals surface area contributed by atoms with Crippen molar-refractivity contribution in [2.24, 2.45) is 10.9 Å². The molecule has 0 fully saturated rings. The van der Waals surface area contributed by atoms with E-state index in [1.54, 1.807) is 19.1 Å². The van der Waals surface area contributed by atoms with Gasteiger partial charge in [0.05, 0.1) is 0 Å². The van der Waals surface area contributed by atoms with Gasteiger partial charge in [0.25, 0.3) is 0 Å². The molecule has 5 heteroatoms. The Kier molecular flexibility index (Phi) is 4.32. The average Bonchev–Trinajstić information content (AvgIpc) is 2.35. The molecule has 1 rings (SSSR count). The van der Waals surface area contributed by atoms with Gasteiger partial charge in [-0.25, -0.2) is 0 Å². The lowest BCUT2D eigenvalue weighted by atomic mass is 10.1. The van der Waals surface area contributed by atoms with Gasteiger partial charge in [0, 0.05) is 18.5 Å². The molecule has 0 spiro atoms. The number of hydrogen-bond donors (Lipinski definition) is 3. The average molecular weight is 221 g/mol. The van der Waals surface area contributed by atoms with E-state index >= 15 is 0 Å². The maximum absolute atomic E-state index is 11.0. The Hall–Kier alpha value is -2.04. The lowest BCUT2D eigenvalue weighted by Gasteiger charge is -2.04. The fourth-order valence-corrected chi connectivity index (χ4v) is 1.18. The summed E-state index contributed by atoms with van der Waals surface area (Å²) in [7, 11) is 0. The highest BCUT2D eigenvalue weighted by atomic mass is 16.4. The van der Waals surface area contributed by atoms with E-state index in [4.69, 9.17) is 10.9 Å². The van der Waals surface area contributed by atoms with Crippen LogP contribution in [0.15, 0.2) is 29.4 Å². The number of hydrogen-bond acceptors (Lipinski definition) is 3. The minimum atomic E-state index is 0.0144. The first kappa shape index (κ1) is 12.0. The molecule has 0 heterocycles. The first-order valence-electron chi connectivity index (χ1n) is 5.01. The number of amides is 1. The highest BCUT2D eigenvalue weighted by molar-refractivity contribution is 5.96. The molecule has 0 aliphatic carbocycles. The lowest BCUT2D eigenvalue weighted by Crippen LogP contribution is -2.21. The topological polar surface area (TPSA) is 87.7 Å². The summed E-state index contributed by atoms with van der Waals surface area (Å²) in [5, 5.41) is 14.1. The van der Waals surface area contributed by atoms with Crippen LogP contribution in [0.2, 0.25) is 0 Å². The summed E-state index contributed by atoms with van der Waals surface area (Å²) in [5.41, 5.74) is 7.03. The second kappa shape index (κ2) is 5.75. The van der Waals surface area contributed by atoms with Crippen molar-refractivity contribution in [3.63, 3.8) is 0 Å². The van der Waals surface area contributed by atoms with E-state index in [0.29, 0.717) is 18.5 Å². The van der Waals surface area contributed by atoms with Gasteiger partial charge < -0.3 is 16.3 Å². The normalized spacial score (nSPS) is 11.2. The zero-order valence-electron chi connectivity index (χ0n) is 9.10. The van der Waals surface area contributed by atoms with Gasteiger partial charge in [-0.3, -0.25) is 4.79 Å². The Bertz CT molecular complexity index is 385. The summed E-state index contributed by atoms with van der Waals surface area (Å²) in [5.74, 6) is 0.0876. The third kappa shape index (κ3) is 3.27. The summed E-state index contributed by atoms with van der Waals surface area (Å²) in [4.78, 5) is 11.0. The Morgan fingerprint density at radius 3 is 2.56 bits per heavy atom. The molecule has 1 aromatic rings. The number of nitrogens with one attached hydrogen (secondary N) is 1. The van der Waals surface area contributed by atoms with Crippen molar-refractivity contribution in [1.29, 1.82) is 0 Å². The fourth-order valence-electron chi connectivity index (χ4n) is 1.18. The third-order valence-electron chi connectivity index (χ3n) is 2.17. The zero-order chi connectivity index (χ0) is 12.0. The van der Waals surface area contributed by atoms with E-state index in [1.807, 2.05) is 12.1 Å². The minimum absolute atomic E-state index is 0.0144. The van der Waals surface area contributed by atoms with Gasteiger partial charge in [0.1, 0.15) is 0 Å². The van der Waals surface area contributed by atoms with Crippen LogP contribution in [0.5, 0.6) is 0 Å². The predicted octanol–water partition coefficient (Wildman–Crippen LogP) is 0.807. The van der Waals surface area contributed by atoms with Gasteiger partial charge in [-0.2, -0.15) is 0 Å². The molecule has 0 radical (unpaired) electrons. The largest absolute Gasteiger partial charge is 0.409 e. The van der Waals surface area contributed by atoms with Crippen LogP contribution < -0.4 is 11.1 Å². The lowest BCUT2D eigenvalue weighted by molar-refractivity contribution is -0.120. The summed E-state index contributed by atoms with van der Waals surface area (Å²) in [6.45, 7) is 2.29. The predicted molar refractivity (Wildman–Crippen MR) is 61.1 cm³/mol. The molecule has 0 saturated heterocycles. The molecule has 0 aromatic heterocycles. The molecule has 16 heavy (non-hydrogen) atoms. The number of nitrogens with two attached hydrogens (primary N) is 1. The Morgan fingerprint density at radius 2 is 2.06 bits per heavy atom. The monoisotopic (exact) mass is 221 g/mol. The Balaban J connectivity index is 2.61. The molecule has 0 saturated carbocycles. The summed E-state index contributed by atoms with van der Waals surface area (Å²) in [6.07, 6.45) is 0.474. The molecule has 4 N–H and O–H groups in total.